The SMILES string of the molecule is CCOC(=O)c1ccccc1N(CC)C(=O)c1cccc(Br)c1. The molecule has 5 heteroatoms. The van der Waals surface area contributed by atoms with Gasteiger partial charge < -0.3 is 9.64 Å². The van der Waals surface area contributed by atoms with E-state index in [-0.39, 0.29) is 5.91 Å². The van der Waals surface area contributed by atoms with Gasteiger partial charge in [0.25, 0.3) is 5.91 Å². The first-order chi connectivity index (χ1) is 11.1. The molecule has 0 N–H and O–H groups in total. The lowest BCUT2D eigenvalue weighted by Gasteiger charge is -2.23. The van der Waals surface area contributed by atoms with Crippen molar-refractivity contribution in [1.29, 1.82) is 0 Å². The number of rotatable bonds is 5. The summed E-state index contributed by atoms with van der Waals surface area (Å²) in [6.45, 7) is 4.36. The van der Waals surface area contributed by atoms with Crippen LogP contribution >= 0.6 is 15.9 Å². The third-order valence-electron chi connectivity index (χ3n) is 3.32. The number of hydrogen-bond acceptors (Lipinski definition) is 3. The van der Waals surface area contributed by atoms with Crippen LogP contribution in [0.25, 0.3) is 0 Å². The van der Waals surface area contributed by atoms with Gasteiger partial charge in [-0.05, 0) is 44.2 Å². The van der Waals surface area contributed by atoms with Gasteiger partial charge in [0, 0.05) is 16.6 Å². The van der Waals surface area contributed by atoms with Gasteiger partial charge in [0.2, 0.25) is 0 Å². The van der Waals surface area contributed by atoms with Crippen LogP contribution in [0.15, 0.2) is 53.0 Å². The second-order valence-electron chi connectivity index (χ2n) is 4.80. The van der Waals surface area contributed by atoms with E-state index < -0.39 is 5.97 Å². The first-order valence-electron chi connectivity index (χ1n) is 7.42. The number of halogens is 1. The van der Waals surface area contributed by atoms with Crippen molar-refractivity contribution in [2.75, 3.05) is 18.1 Å². The van der Waals surface area contributed by atoms with Crippen molar-refractivity contribution in [3.8, 4) is 0 Å². The minimum absolute atomic E-state index is 0.162. The Balaban J connectivity index is 2.42. The van der Waals surface area contributed by atoms with E-state index in [1.807, 2.05) is 19.1 Å². The largest absolute Gasteiger partial charge is 0.462 e. The number of hydrogen-bond donors (Lipinski definition) is 0. The molecule has 0 heterocycles. The van der Waals surface area contributed by atoms with Crippen LogP contribution in [0.3, 0.4) is 0 Å². The quantitative estimate of drug-likeness (QED) is 0.732. The molecule has 0 unspecified atom stereocenters. The van der Waals surface area contributed by atoms with E-state index in [1.54, 1.807) is 48.2 Å². The van der Waals surface area contributed by atoms with Gasteiger partial charge in [-0.1, -0.05) is 34.1 Å². The Morgan fingerprint density at radius 3 is 2.48 bits per heavy atom. The number of ether oxygens (including phenoxy) is 1. The van der Waals surface area contributed by atoms with E-state index in [0.29, 0.717) is 30.0 Å². The van der Waals surface area contributed by atoms with Crippen molar-refractivity contribution in [2.24, 2.45) is 0 Å². The number of amides is 1. The lowest BCUT2D eigenvalue weighted by Crippen LogP contribution is -2.32. The molecular weight excluding hydrogens is 358 g/mol. The minimum Gasteiger partial charge on any atom is -0.462 e. The van der Waals surface area contributed by atoms with Crippen LogP contribution in [0.1, 0.15) is 34.6 Å². The molecule has 0 fully saturated rings. The number of carbonyl (C=O) groups excluding carboxylic acids is 2. The molecule has 2 aromatic carbocycles. The zero-order valence-electron chi connectivity index (χ0n) is 13.1. The fourth-order valence-electron chi connectivity index (χ4n) is 2.29. The van der Waals surface area contributed by atoms with Crippen molar-refractivity contribution in [1.82, 2.24) is 0 Å². The molecule has 2 rings (SSSR count). The van der Waals surface area contributed by atoms with Crippen molar-refractivity contribution in [3.05, 3.63) is 64.1 Å². The highest BCUT2D eigenvalue weighted by Gasteiger charge is 2.22. The van der Waals surface area contributed by atoms with Gasteiger partial charge in [0.15, 0.2) is 0 Å². The summed E-state index contributed by atoms with van der Waals surface area (Å²) < 4.78 is 5.91. The molecule has 2 aromatic rings. The third kappa shape index (κ3) is 3.99. The van der Waals surface area contributed by atoms with Crippen LogP contribution in [0.5, 0.6) is 0 Å². The molecule has 0 aliphatic rings. The molecule has 0 aliphatic carbocycles. The molecule has 0 aliphatic heterocycles. The van der Waals surface area contributed by atoms with Gasteiger partial charge in [-0.25, -0.2) is 4.79 Å². The Morgan fingerprint density at radius 1 is 1.09 bits per heavy atom. The molecule has 23 heavy (non-hydrogen) atoms. The topological polar surface area (TPSA) is 46.6 Å². The first kappa shape index (κ1) is 17.2. The van der Waals surface area contributed by atoms with E-state index in [9.17, 15) is 9.59 Å². The highest BCUT2D eigenvalue weighted by atomic mass is 79.9. The molecular formula is C18H18BrNO3. The summed E-state index contributed by atoms with van der Waals surface area (Å²) in [7, 11) is 0. The Kier molecular flexibility index (Phi) is 5.93. The Morgan fingerprint density at radius 2 is 1.83 bits per heavy atom. The summed E-state index contributed by atoms with van der Waals surface area (Å²) in [4.78, 5) is 26.5. The average Bonchev–Trinajstić information content (AvgIpc) is 2.56. The zero-order chi connectivity index (χ0) is 16.8. The summed E-state index contributed by atoms with van der Waals surface area (Å²) in [6, 6.07) is 14.2. The fraction of sp³-hybridized carbons (Fsp3) is 0.222. The van der Waals surface area contributed by atoms with Gasteiger partial charge in [0.05, 0.1) is 17.9 Å². The number of nitrogens with zero attached hydrogens (tertiary/aromatic N) is 1. The number of para-hydroxylation sites is 1. The average molecular weight is 376 g/mol. The molecule has 0 saturated carbocycles. The predicted molar refractivity (Wildman–Crippen MR) is 93.9 cm³/mol. The van der Waals surface area contributed by atoms with E-state index >= 15 is 0 Å². The Hall–Kier alpha value is -2.14. The predicted octanol–water partition coefficient (Wildman–Crippen LogP) is 4.29. The summed E-state index contributed by atoms with van der Waals surface area (Å²) in [5.41, 5.74) is 1.50. The Bertz CT molecular complexity index is 715. The van der Waals surface area contributed by atoms with Crippen molar-refractivity contribution in [2.45, 2.75) is 13.8 Å². The molecule has 120 valence electrons. The zero-order valence-corrected chi connectivity index (χ0v) is 14.7. The summed E-state index contributed by atoms with van der Waals surface area (Å²) >= 11 is 3.37. The summed E-state index contributed by atoms with van der Waals surface area (Å²) in [5.74, 6) is -0.589. The third-order valence-corrected chi connectivity index (χ3v) is 3.82. The lowest BCUT2D eigenvalue weighted by atomic mass is 10.1. The second-order valence-corrected chi connectivity index (χ2v) is 5.71. The van der Waals surface area contributed by atoms with E-state index in [2.05, 4.69) is 15.9 Å². The van der Waals surface area contributed by atoms with Crippen LogP contribution in [0.2, 0.25) is 0 Å². The molecule has 0 radical (unpaired) electrons. The van der Waals surface area contributed by atoms with Gasteiger partial charge in [0.1, 0.15) is 0 Å². The van der Waals surface area contributed by atoms with Crippen molar-refractivity contribution >= 4 is 33.5 Å². The van der Waals surface area contributed by atoms with Crippen molar-refractivity contribution in [3.63, 3.8) is 0 Å². The van der Waals surface area contributed by atoms with E-state index in [4.69, 9.17) is 4.74 Å². The maximum atomic E-state index is 12.8. The lowest BCUT2D eigenvalue weighted by molar-refractivity contribution is 0.0527. The summed E-state index contributed by atoms with van der Waals surface area (Å²) in [6.07, 6.45) is 0. The van der Waals surface area contributed by atoms with Crippen molar-refractivity contribution < 1.29 is 14.3 Å². The number of esters is 1. The number of anilines is 1. The number of benzene rings is 2. The van der Waals surface area contributed by atoms with Gasteiger partial charge >= 0.3 is 5.97 Å². The van der Waals surface area contributed by atoms with Gasteiger partial charge in [-0.15, -0.1) is 0 Å². The molecule has 0 saturated heterocycles. The fourth-order valence-corrected chi connectivity index (χ4v) is 2.69. The van der Waals surface area contributed by atoms with Crippen LogP contribution in [-0.2, 0) is 4.74 Å². The highest BCUT2D eigenvalue weighted by molar-refractivity contribution is 9.10. The standard InChI is InChI=1S/C18H18BrNO3/c1-3-20(17(21)13-8-7-9-14(19)12-13)16-11-6-5-10-15(16)18(22)23-4-2/h5-12H,3-4H2,1-2H3. The first-order valence-corrected chi connectivity index (χ1v) is 8.21. The van der Waals surface area contributed by atoms with Crippen LogP contribution in [-0.4, -0.2) is 25.0 Å². The molecule has 0 atom stereocenters. The van der Waals surface area contributed by atoms with Crippen LogP contribution in [0.4, 0.5) is 5.69 Å². The highest BCUT2D eigenvalue weighted by Crippen LogP contribution is 2.24. The molecule has 0 spiro atoms. The maximum absolute atomic E-state index is 12.8. The van der Waals surface area contributed by atoms with Gasteiger partial charge in [-0.2, -0.15) is 0 Å². The monoisotopic (exact) mass is 375 g/mol. The van der Waals surface area contributed by atoms with Crippen LogP contribution in [0, 0.1) is 0 Å². The number of carbonyl (C=O) groups is 2. The summed E-state index contributed by atoms with van der Waals surface area (Å²) in [5, 5.41) is 0. The molecule has 0 aromatic heterocycles. The molecule has 0 bridgehead atoms. The van der Waals surface area contributed by atoms with E-state index in [0.717, 1.165) is 4.47 Å². The minimum atomic E-state index is -0.427. The molecule has 1 amide bonds. The maximum Gasteiger partial charge on any atom is 0.340 e. The normalized spacial score (nSPS) is 10.2. The Labute approximate surface area is 144 Å². The smallest absolute Gasteiger partial charge is 0.340 e. The second kappa shape index (κ2) is 7.92. The van der Waals surface area contributed by atoms with Crippen LogP contribution < -0.4 is 4.90 Å². The van der Waals surface area contributed by atoms with Gasteiger partial charge in [-0.3, -0.25) is 4.79 Å². The van der Waals surface area contributed by atoms with E-state index in [1.165, 1.54) is 0 Å². The molecule has 4 nitrogen and oxygen atoms in total.